The SMILES string of the molecule is COc1cccc2c1C(=O)c1c(O)c3c(c(O)c1C2=O)C[C@@](O)(C(=O)CO)C[C@@H]3O[C@H]1C[C@H](NC(=O)[C@@H]2CCCN2C(=O)[C@@H](C)NC(=O)c2ccncc2)C[C@H](C)O1. The fourth-order valence-corrected chi connectivity index (χ4v) is 8.58. The summed E-state index contributed by atoms with van der Waals surface area (Å²) in [5.41, 5.74) is -3.59. The van der Waals surface area contributed by atoms with E-state index in [-0.39, 0.29) is 34.4 Å². The lowest BCUT2D eigenvalue weighted by atomic mass is 9.72. The second kappa shape index (κ2) is 15.9. The van der Waals surface area contributed by atoms with Crippen LogP contribution in [0.3, 0.4) is 0 Å². The lowest BCUT2D eigenvalue weighted by molar-refractivity contribution is -0.227. The van der Waals surface area contributed by atoms with Crippen molar-refractivity contribution in [1.29, 1.82) is 0 Å². The van der Waals surface area contributed by atoms with Crippen LogP contribution in [0.5, 0.6) is 17.2 Å². The van der Waals surface area contributed by atoms with Crippen molar-refractivity contribution in [2.75, 3.05) is 20.3 Å². The minimum absolute atomic E-state index is 0.0347. The number of carbonyl (C=O) groups is 6. The Bertz CT molecular complexity index is 2200. The smallest absolute Gasteiger partial charge is 0.252 e. The third-order valence-corrected chi connectivity index (χ3v) is 11.4. The number of fused-ring (bicyclic) bond motifs is 3. The van der Waals surface area contributed by atoms with Crippen LogP contribution in [-0.2, 0) is 30.3 Å². The van der Waals surface area contributed by atoms with E-state index >= 15 is 0 Å². The number of phenolic OH excluding ortho intramolecular Hbond substituents is 2. The predicted molar refractivity (Wildman–Crippen MR) is 200 cm³/mol. The van der Waals surface area contributed by atoms with Crippen molar-refractivity contribution < 1.29 is 63.4 Å². The maximum atomic E-state index is 14.0. The van der Waals surface area contributed by atoms with Crippen molar-refractivity contribution in [2.24, 2.45) is 0 Å². The van der Waals surface area contributed by atoms with Crippen LogP contribution >= 0.6 is 0 Å². The molecule has 0 saturated carbocycles. The van der Waals surface area contributed by atoms with E-state index in [4.69, 9.17) is 14.2 Å². The van der Waals surface area contributed by atoms with Crippen LogP contribution in [0.2, 0.25) is 0 Å². The number of hydrogen-bond donors (Lipinski definition) is 6. The minimum Gasteiger partial charge on any atom is -0.507 e. The molecule has 306 valence electrons. The van der Waals surface area contributed by atoms with E-state index in [9.17, 15) is 49.2 Å². The molecule has 17 nitrogen and oxygen atoms in total. The Kier molecular flexibility index (Phi) is 11.1. The number of aromatic nitrogens is 1. The van der Waals surface area contributed by atoms with Crippen LogP contribution in [-0.4, -0.2) is 122 Å². The number of nitrogens with zero attached hydrogens (tertiary/aromatic N) is 2. The van der Waals surface area contributed by atoms with Crippen molar-refractivity contribution >= 4 is 35.1 Å². The van der Waals surface area contributed by atoms with E-state index in [1.165, 1.54) is 54.7 Å². The van der Waals surface area contributed by atoms with Gasteiger partial charge in [0, 0.05) is 66.5 Å². The van der Waals surface area contributed by atoms with Crippen molar-refractivity contribution in [3.8, 4) is 17.2 Å². The van der Waals surface area contributed by atoms with E-state index in [1.54, 1.807) is 13.8 Å². The third kappa shape index (κ3) is 7.18. The quantitative estimate of drug-likeness (QED) is 0.124. The summed E-state index contributed by atoms with van der Waals surface area (Å²) in [5.74, 6) is -5.29. The number of aliphatic hydroxyl groups is 2. The molecular weight excluding hydrogens is 756 g/mol. The van der Waals surface area contributed by atoms with Gasteiger partial charge in [-0.2, -0.15) is 0 Å². The van der Waals surface area contributed by atoms with Gasteiger partial charge in [0.1, 0.15) is 41.5 Å². The normalized spacial score (nSPS) is 25.5. The summed E-state index contributed by atoms with van der Waals surface area (Å²) < 4.78 is 17.8. The largest absolute Gasteiger partial charge is 0.507 e. The molecule has 2 fully saturated rings. The highest BCUT2D eigenvalue weighted by atomic mass is 16.7. The zero-order valence-corrected chi connectivity index (χ0v) is 32.0. The van der Waals surface area contributed by atoms with Crippen LogP contribution in [0.25, 0.3) is 0 Å². The first-order chi connectivity index (χ1) is 27.7. The standard InChI is InChI=1S/C41H44N4O13/c1-19-14-22(44-39(53)25-7-5-13-45(25)40(54)20(2)43-38(52)21-9-11-42-12-10-21)15-29(57-19)58-27-17-41(55,28(47)18-46)16-24-31(27)37(51)33-32(35(24)49)34(48)23-6-4-8-26(56-3)30(23)36(33)50/h4,6,8-12,19-20,22,25,27,29,46,49,51,55H,5,7,13-18H2,1-3H3,(H,43,52)(H,44,53)/t19-,20+,22+,25-,27-,29-,41-/m0/s1. The molecule has 2 aliphatic carbocycles. The van der Waals surface area contributed by atoms with E-state index in [0.29, 0.717) is 31.4 Å². The van der Waals surface area contributed by atoms with Gasteiger partial charge in [-0.25, -0.2) is 0 Å². The molecule has 17 heteroatoms. The molecule has 2 aromatic carbocycles. The minimum atomic E-state index is -2.32. The van der Waals surface area contributed by atoms with Gasteiger partial charge in [0.2, 0.25) is 17.6 Å². The summed E-state index contributed by atoms with van der Waals surface area (Å²) >= 11 is 0. The average Bonchev–Trinajstić information content (AvgIpc) is 3.70. The number of phenols is 2. The third-order valence-electron chi connectivity index (χ3n) is 11.4. The number of Topliss-reactive ketones (excluding diaryl/α,β-unsaturated/α-hetero) is 1. The van der Waals surface area contributed by atoms with E-state index in [1.807, 2.05) is 0 Å². The molecule has 2 aliphatic heterocycles. The Balaban J connectivity index is 1.12. The van der Waals surface area contributed by atoms with Gasteiger partial charge < -0.3 is 50.2 Å². The Labute approximate surface area is 332 Å². The Hall–Kier alpha value is -5.75. The van der Waals surface area contributed by atoms with Crippen LogP contribution in [0.15, 0.2) is 42.7 Å². The zero-order chi connectivity index (χ0) is 41.6. The van der Waals surface area contributed by atoms with Gasteiger partial charge in [-0.15, -0.1) is 0 Å². The fraction of sp³-hybridized carbons (Fsp3) is 0.439. The van der Waals surface area contributed by atoms with Crippen molar-refractivity contribution in [3.63, 3.8) is 0 Å². The number of likely N-dealkylation sites (tertiary alicyclic amines) is 1. The number of carbonyl (C=O) groups excluding carboxylic acids is 6. The molecule has 0 unspecified atom stereocenters. The highest BCUT2D eigenvalue weighted by Crippen LogP contribution is 2.52. The number of methoxy groups -OCH3 is 1. The maximum absolute atomic E-state index is 14.0. The summed E-state index contributed by atoms with van der Waals surface area (Å²) in [5, 5.41) is 50.5. The summed E-state index contributed by atoms with van der Waals surface area (Å²) in [6.45, 7) is 2.53. The number of pyridine rings is 1. The van der Waals surface area contributed by atoms with Gasteiger partial charge in [0.25, 0.3) is 5.91 Å². The molecule has 1 aromatic heterocycles. The molecule has 0 bridgehead atoms. The number of ketones is 3. The summed E-state index contributed by atoms with van der Waals surface area (Å²) in [6, 6.07) is 5.08. The number of rotatable bonds is 10. The van der Waals surface area contributed by atoms with Gasteiger partial charge in [0.05, 0.1) is 36.0 Å². The van der Waals surface area contributed by atoms with E-state index in [0.717, 1.165) is 0 Å². The molecule has 58 heavy (non-hydrogen) atoms. The molecule has 3 aromatic rings. The van der Waals surface area contributed by atoms with Crippen molar-refractivity contribution in [1.82, 2.24) is 20.5 Å². The Morgan fingerprint density at radius 2 is 1.76 bits per heavy atom. The van der Waals surface area contributed by atoms with Crippen molar-refractivity contribution in [3.05, 3.63) is 81.7 Å². The summed E-state index contributed by atoms with van der Waals surface area (Å²) in [6.07, 6.45) is 0.0231. The second-order valence-corrected chi connectivity index (χ2v) is 15.2. The molecule has 2 saturated heterocycles. The number of ether oxygens (including phenoxy) is 3. The van der Waals surface area contributed by atoms with Gasteiger partial charge >= 0.3 is 0 Å². The molecular formula is C41H44N4O13. The monoisotopic (exact) mass is 800 g/mol. The number of aromatic hydroxyl groups is 2. The number of nitrogens with one attached hydrogen (secondary N) is 2. The van der Waals surface area contributed by atoms with Crippen LogP contribution in [0.1, 0.15) is 105 Å². The maximum Gasteiger partial charge on any atom is 0.252 e. The zero-order valence-electron chi connectivity index (χ0n) is 32.0. The number of aliphatic hydroxyl groups excluding tert-OH is 1. The molecule has 6 N–H and O–H groups in total. The topological polar surface area (TPSA) is 251 Å². The van der Waals surface area contributed by atoms with Gasteiger partial charge in [-0.1, -0.05) is 12.1 Å². The van der Waals surface area contributed by atoms with Crippen molar-refractivity contribution in [2.45, 2.75) is 94.6 Å². The molecule has 7 atom stereocenters. The first kappa shape index (κ1) is 40.4. The Morgan fingerprint density at radius 3 is 2.47 bits per heavy atom. The summed E-state index contributed by atoms with van der Waals surface area (Å²) in [7, 11) is 1.31. The number of benzene rings is 2. The predicted octanol–water partition coefficient (Wildman–Crippen LogP) is 1.39. The van der Waals surface area contributed by atoms with Crippen LogP contribution in [0.4, 0.5) is 0 Å². The van der Waals surface area contributed by atoms with Gasteiger partial charge in [0.15, 0.2) is 17.9 Å². The molecule has 4 aliphatic rings. The van der Waals surface area contributed by atoms with E-state index in [2.05, 4.69) is 15.6 Å². The molecule has 0 spiro atoms. The molecule has 3 amide bonds. The first-order valence-electron chi connectivity index (χ1n) is 19.0. The van der Waals surface area contributed by atoms with Gasteiger partial charge in [-0.3, -0.25) is 33.8 Å². The average molecular weight is 801 g/mol. The van der Waals surface area contributed by atoms with Crippen LogP contribution in [0, 0.1) is 0 Å². The Morgan fingerprint density at radius 1 is 1.03 bits per heavy atom. The molecule has 0 radical (unpaired) electrons. The lowest BCUT2D eigenvalue weighted by Gasteiger charge is -2.41. The lowest BCUT2D eigenvalue weighted by Crippen LogP contribution is -2.55. The molecule has 7 rings (SSSR count). The second-order valence-electron chi connectivity index (χ2n) is 15.2. The summed E-state index contributed by atoms with van der Waals surface area (Å²) in [4.78, 5) is 86.0. The van der Waals surface area contributed by atoms with Crippen LogP contribution < -0.4 is 15.4 Å². The fourth-order valence-electron chi connectivity index (χ4n) is 8.58. The number of hydrogen-bond acceptors (Lipinski definition) is 14. The van der Waals surface area contributed by atoms with E-state index < -0.39 is 119 Å². The number of amides is 3. The molecule has 3 heterocycles. The highest BCUT2D eigenvalue weighted by molar-refractivity contribution is 6.31. The first-order valence-corrected chi connectivity index (χ1v) is 19.0. The highest BCUT2D eigenvalue weighted by Gasteiger charge is 2.50. The van der Waals surface area contributed by atoms with Gasteiger partial charge in [-0.05, 0) is 51.3 Å².